The summed E-state index contributed by atoms with van der Waals surface area (Å²) in [5.41, 5.74) is 0. The number of methoxy groups -OCH3 is 1. The maximum atomic E-state index is 12.2. The average Bonchev–Trinajstić information content (AvgIpc) is 3.07. The van der Waals surface area contributed by atoms with Gasteiger partial charge in [-0.05, 0) is 12.8 Å². The van der Waals surface area contributed by atoms with Crippen molar-refractivity contribution in [2.75, 3.05) is 33.9 Å². The van der Waals surface area contributed by atoms with Gasteiger partial charge in [-0.2, -0.15) is 0 Å². The lowest BCUT2D eigenvalue weighted by atomic mass is 10.1. The van der Waals surface area contributed by atoms with E-state index in [0.717, 1.165) is 24.3 Å². The van der Waals surface area contributed by atoms with Gasteiger partial charge in [0.25, 0.3) is 0 Å². The van der Waals surface area contributed by atoms with Crippen LogP contribution in [0, 0.1) is 0 Å². The van der Waals surface area contributed by atoms with Crippen LogP contribution in [-0.2, 0) is 23.9 Å². The number of amides is 2. The van der Waals surface area contributed by atoms with Gasteiger partial charge in [0, 0.05) is 26.7 Å². The van der Waals surface area contributed by atoms with Crippen molar-refractivity contribution >= 4 is 17.8 Å². The van der Waals surface area contributed by atoms with E-state index in [1.807, 2.05) is 4.90 Å². The molecule has 2 saturated heterocycles. The highest BCUT2D eigenvalue weighted by atomic mass is 16.5. The smallest absolute Gasteiger partial charge is 0.306 e. The van der Waals surface area contributed by atoms with Crippen LogP contribution < -0.4 is 0 Å². The van der Waals surface area contributed by atoms with E-state index in [1.54, 1.807) is 0 Å². The molecular weight excluding hydrogens is 276 g/mol. The Morgan fingerprint density at radius 3 is 2.76 bits per heavy atom. The van der Waals surface area contributed by atoms with Gasteiger partial charge in [0.2, 0.25) is 11.8 Å². The Labute approximate surface area is 124 Å². The highest BCUT2D eigenvalue weighted by molar-refractivity contribution is 6.05. The van der Waals surface area contributed by atoms with Crippen molar-refractivity contribution in [1.82, 2.24) is 9.80 Å². The van der Waals surface area contributed by atoms with Crippen LogP contribution >= 0.6 is 0 Å². The first-order chi connectivity index (χ1) is 10.0. The molecule has 0 aromatic heterocycles. The van der Waals surface area contributed by atoms with Crippen LogP contribution in [-0.4, -0.2) is 73.6 Å². The predicted molar refractivity (Wildman–Crippen MR) is 73.4 cm³/mol. The molecule has 2 aliphatic rings. The van der Waals surface area contributed by atoms with Crippen LogP contribution in [0.15, 0.2) is 0 Å². The second kappa shape index (κ2) is 7.00. The van der Waals surface area contributed by atoms with E-state index in [0.29, 0.717) is 13.1 Å². The van der Waals surface area contributed by atoms with Crippen LogP contribution in [0.25, 0.3) is 0 Å². The number of nitrogens with zero attached hydrogens (tertiary/aromatic N) is 2. The molecule has 0 radical (unpaired) electrons. The summed E-state index contributed by atoms with van der Waals surface area (Å²) in [5, 5.41) is 0. The predicted octanol–water partition coefficient (Wildman–Crippen LogP) is -0.212. The van der Waals surface area contributed by atoms with Gasteiger partial charge in [-0.15, -0.1) is 0 Å². The van der Waals surface area contributed by atoms with Gasteiger partial charge in [0.1, 0.15) is 0 Å². The molecule has 2 aliphatic heterocycles. The molecule has 0 aliphatic carbocycles. The number of likely N-dealkylation sites (N-methyl/N-ethyl adjacent to an activating group) is 1. The Morgan fingerprint density at radius 2 is 2.24 bits per heavy atom. The Bertz CT molecular complexity index is 420. The zero-order chi connectivity index (χ0) is 15.4. The third-order valence-electron chi connectivity index (χ3n) is 4.09. The van der Waals surface area contributed by atoms with Gasteiger partial charge in [-0.3, -0.25) is 24.2 Å². The van der Waals surface area contributed by atoms with E-state index in [-0.39, 0.29) is 36.7 Å². The van der Waals surface area contributed by atoms with Crippen molar-refractivity contribution < 1.29 is 23.9 Å². The van der Waals surface area contributed by atoms with E-state index in [9.17, 15) is 14.4 Å². The number of esters is 1. The molecule has 2 unspecified atom stereocenters. The zero-order valence-electron chi connectivity index (χ0n) is 12.5. The summed E-state index contributed by atoms with van der Waals surface area (Å²) in [4.78, 5) is 38.2. The number of carbonyl (C=O) groups excluding carboxylic acids is 3. The zero-order valence-corrected chi connectivity index (χ0v) is 12.5. The maximum absolute atomic E-state index is 12.2. The van der Waals surface area contributed by atoms with Gasteiger partial charge in [0.05, 0.1) is 32.1 Å². The third-order valence-corrected chi connectivity index (χ3v) is 4.09. The highest BCUT2D eigenvalue weighted by Gasteiger charge is 2.40. The molecule has 0 N–H and O–H groups in total. The SMILES string of the molecule is COC(=O)CCN(CC1CCCO1)C1CC(=O)N(C)C1=O. The molecule has 7 nitrogen and oxygen atoms in total. The largest absolute Gasteiger partial charge is 0.469 e. The second-order valence-electron chi connectivity index (χ2n) is 5.47. The average molecular weight is 298 g/mol. The summed E-state index contributed by atoms with van der Waals surface area (Å²) < 4.78 is 10.2. The van der Waals surface area contributed by atoms with E-state index >= 15 is 0 Å². The van der Waals surface area contributed by atoms with Gasteiger partial charge in [-0.25, -0.2) is 0 Å². The van der Waals surface area contributed by atoms with Crippen LogP contribution in [0.5, 0.6) is 0 Å². The first-order valence-corrected chi connectivity index (χ1v) is 7.25. The lowest BCUT2D eigenvalue weighted by molar-refractivity contribution is -0.142. The molecule has 2 amide bonds. The highest BCUT2D eigenvalue weighted by Crippen LogP contribution is 2.21. The standard InChI is InChI=1S/C14H22N2O5/c1-15-12(17)8-11(14(15)19)16(6-5-13(18)20-2)9-10-4-3-7-21-10/h10-11H,3-9H2,1-2H3. The first-order valence-electron chi connectivity index (χ1n) is 7.25. The molecule has 7 heteroatoms. The molecule has 2 rings (SSSR count). The molecule has 0 aromatic carbocycles. The minimum atomic E-state index is -0.489. The first kappa shape index (κ1) is 15.9. The fourth-order valence-corrected chi connectivity index (χ4v) is 2.78. The molecule has 2 fully saturated rings. The second-order valence-corrected chi connectivity index (χ2v) is 5.47. The van der Waals surface area contributed by atoms with Crippen molar-refractivity contribution in [1.29, 1.82) is 0 Å². The molecule has 2 atom stereocenters. The third kappa shape index (κ3) is 3.79. The minimum Gasteiger partial charge on any atom is -0.469 e. The van der Waals surface area contributed by atoms with Crippen molar-refractivity contribution in [2.24, 2.45) is 0 Å². The quantitative estimate of drug-likeness (QED) is 0.499. The number of likely N-dealkylation sites (tertiary alicyclic amines) is 1. The summed E-state index contributed by atoms with van der Waals surface area (Å²) in [7, 11) is 2.83. The minimum absolute atomic E-state index is 0.0662. The number of carbonyl (C=O) groups is 3. The van der Waals surface area contributed by atoms with Crippen LogP contribution in [0.4, 0.5) is 0 Å². The topological polar surface area (TPSA) is 76.2 Å². The molecule has 0 bridgehead atoms. The number of ether oxygens (including phenoxy) is 2. The van der Waals surface area contributed by atoms with Crippen LogP contribution in [0.2, 0.25) is 0 Å². The number of hydrogen-bond donors (Lipinski definition) is 0. The number of hydrogen-bond acceptors (Lipinski definition) is 6. The van der Waals surface area contributed by atoms with Gasteiger partial charge in [-0.1, -0.05) is 0 Å². The van der Waals surface area contributed by atoms with Crippen LogP contribution in [0.1, 0.15) is 25.7 Å². The Morgan fingerprint density at radius 1 is 1.48 bits per heavy atom. The van der Waals surface area contributed by atoms with Gasteiger partial charge < -0.3 is 9.47 Å². The summed E-state index contributed by atoms with van der Waals surface area (Å²) >= 11 is 0. The Balaban J connectivity index is 2.01. The molecule has 0 spiro atoms. The lowest BCUT2D eigenvalue weighted by Gasteiger charge is -2.28. The summed E-state index contributed by atoms with van der Waals surface area (Å²) in [6, 6.07) is -0.489. The van der Waals surface area contributed by atoms with Crippen molar-refractivity contribution in [3.63, 3.8) is 0 Å². The van der Waals surface area contributed by atoms with E-state index in [1.165, 1.54) is 14.2 Å². The fourth-order valence-electron chi connectivity index (χ4n) is 2.78. The van der Waals surface area contributed by atoms with Crippen molar-refractivity contribution in [3.05, 3.63) is 0 Å². The molecule has 118 valence electrons. The summed E-state index contributed by atoms with van der Waals surface area (Å²) in [6.45, 7) is 1.69. The summed E-state index contributed by atoms with van der Waals surface area (Å²) in [5.74, 6) is -0.708. The monoisotopic (exact) mass is 298 g/mol. The van der Waals surface area contributed by atoms with Crippen molar-refractivity contribution in [3.8, 4) is 0 Å². The molecule has 0 saturated carbocycles. The van der Waals surface area contributed by atoms with E-state index in [4.69, 9.17) is 4.74 Å². The molecule has 21 heavy (non-hydrogen) atoms. The van der Waals surface area contributed by atoms with E-state index < -0.39 is 6.04 Å². The molecular formula is C14H22N2O5. The maximum Gasteiger partial charge on any atom is 0.306 e. The number of rotatable bonds is 6. The summed E-state index contributed by atoms with van der Waals surface area (Å²) in [6.07, 6.45) is 2.39. The normalized spacial score (nSPS) is 26.0. The Kier molecular flexibility index (Phi) is 5.30. The number of imide groups is 1. The molecule has 2 heterocycles. The van der Waals surface area contributed by atoms with Crippen molar-refractivity contribution in [2.45, 2.75) is 37.8 Å². The van der Waals surface area contributed by atoms with Gasteiger partial charge >= 0.3 is 5.97 Å². The fraction of sp³-hybridized carbons (Fsp3) is 0.786. The molecule has 0 aromatic rings. The van der Waals surface area contributed by atoms with Crippen LogP contribution in [0.3, 0.4) is 0 Å². The lowest BCUT2D eigenvalue weighted by Crippen LogP contribution is -2.45. The van der Waals surface area contributed by atoms with E-state index in [2.05, 4.69) is 4.74 Å². The van der Waals surface area contributed by atoms with Gasteiger partial charge in [0.15, 0.2) is 0 Å². The Hall–Kier alpha value is -1.47.